The zero-order chi connectivity index (χ0) is 9.90. The third-order valence-electron chi connectivity index (χ3n) is 1.79. The molecule has 1 rings (SSSR count). The van der Waals surface area contributed by atoms with Gasteiger partial charge in [0.25, 0.3) is 0 Å². The van der Waals surface area contributed by atoms with Crippen molar-refractivity contribution in [3.63, 3.8) is 0 Å². The Bertz CT molecular complexity index is 299. The SMILES string of the molecule is CC(C)(C)Cc1cnccc1C=O. The summed E-state index contributed by atoms with van der Waals surface area (Å²) in [5.74, 6) is 0. The number of rotatable bonds is 2. The van der Waals surface area contributed by atoms with E-state index in [-0.39, 0.29) is 5.41 Å². The first kappa shape index (κ1) is 9.90. The number of aldehydes is 1. The molecule has 0 saturated carbocycles. The van der Waals surface area contributed by atoms with E-state index >= 15 is 0 Å². The number of aromatic nitrogens is 1. The molecule has 13 heavy (non-hydrogen) atoms. The van der Waals surface area contributed by atoms with E-state index in [1.165, 1.54) is 0 Å². The van der Waals surface area contributed by atoms with E-state index in [1.807, 2.05) is 0 Å². The Hall–Kier alpha value is -1.18. The van der Waals surface area contributed by atoms with Crippen molar-refractivity contribution in [2.45, 2.75) is 27.2 Å². The molecule has 0 aromatic carbocycles. The summed E-state index contributed by atoms with van der Waals surface area (Å²) in [5.41, 5.74) is 1.98. The van der Waals surface area contributed by atoms with Crippen molar-refractivity contribution in [2.75, 3.05) is 0 Å². The molecule has 0 aliphatic rings. The second kappa shape index (κ2) is 3.69. The Kier molecular flexibility index (Phi) is 2.81. The van der Waals surface area contributed by atoms with Crippen molar-refractivity contribution in [1.82, 2.24) is 4.98 Å². The first-order chi connectivity index (χ1) is 6.03. The highest BCUT2D eigenvalue weighted by Gasteiger charge is 2.13. The maximum atomic E-state index is 10.7. The van der Waals surface area contributed by atoms with Crippen LogP contribution in [0.1, 0.15) is 36.7 Å². The minimum Gasteiger partial charge on any atom is -0.298 e. The second-order valence-corrected chi connectivity index (χ2v) is 4.43. The van der Waals surface area contributed by atoms with Gasteiger partial charge in [0.05, 0.1) is 0 Å². The molecule has 1 aromatic heterocycles. The van der Waals surface area contributed by atoms with Gasteiger partial charge in [0, 0.05) is 18.0 Å². The molecular formula is C11H15NO. The van der Waals surface area contributed by atoms with Crippen LogP contribution >= 0.6 is 0 Å². The van der Waals surface area contributed by atoms with Gasteiger partial charge < -0.3 is 0 Å². The van der Waals surface area contributed by atoms with Crippen LogP contribution in [0.4, 0.5) is 0 Å². The molecule has 70 valence electrons. The highest BCUT2D eigenvalue weighted by Crippen LogP contribution is 2.21. The topological polar surface area (TPSA) is 30.0 Å². The van der Waals surface area contributed by atoms with E-state index < -0.39 is 0 Å². The van der Waals surface area contributed by atoms with Gasteiger partial charge in [-0.15, -0.1) is 0 Å². The van der Waals surface area contributed by atoms with Crippen LogP contribution in [0.3, 0.4) is 0 Å². The number of pyridine rings is 1. The van der Waals surface area contributed by atoms with E-state index in [0.29, 0.717) is 0 Å². The lowest BCUT2D eigenvalue weighted by atomic mass is 9.87. The largest absolute Gasteiger partial charge is 0.298 e. The van der Waals surface area contributed by atoms with E-state index in [2.05, 4.69) is 25.8 Å². The Morgan fingerprint density at radius 1 is 1.46 bits per heavy atom. The van der Waals surface area contributed by atoms with Crippen LogP contribution in [-0.2, 0) is 6.42 Å². The third-order valence-corrected chi connectivity index (χ3v) is 1.79. The molecule has 0 aliphatic carbocycles. The predicted molar refractivity (Wildman–Crippen MR) is 52.8 cm³/mol. The molecule has 0 bridgehead atoms. The molecule has 0 fully saturated rings. The lowest BCUT2D eigenvalue weighted by Crippen LogP contribution is -2.11. The fraction of sp³-hybridized carbons (Fsp3) is 0.455. The summed E-state index contributed by atoms with van der Waals surface area (Å²) >= 11 is 0. The Morgan fingerprint density at radius 3 is 2.69 bits per heavy atom. The summed E-state index contributed by atoms with van der Waals surface area (Å²) in [5, 5.41) is 0. The van der Waals surface area contributed by atoms with Gasteiger partial charge in [-0.25, -0.2) is 0 Å². The summed E-state index contributed by atoms with van der Waals surface area (Å²) in [6, 6.07) is 1.76. The smallest absolute Gasteiger partial charge is 0.150 e. The van der Waals surface area contributed by atoms with Crippen LogP contribution in [0.25, 0.3) is 0 Å². The Labute approximate surface area is 79.0 Å². The molecule has 2 heteroatoms. The normalized spacial score (nSPS) is 11.3. The molecule has 2 nitrogen and oxygen atoms in total. The van der Waals surface area contributed by atoms with Crippen molar-refractivity contribution in [1.29, 1.82) is 0 Å². The summed E-state index contributed by atoms with van der Waals surface area (Å²) in [7, 11) is 0. The lowest BCUT2D eigenvalue weighted by Gasteiger charge is -2.18. The van der Waals surface area contributed by atoms with Crippen molar-refractivity contribution in [2.24, 2.45) is 5.41 Å². The van der Waals surface area contributed by atoms with Gasteiger partial charge >= 0.3 is 0 Å². The fourth-order valence-electron chi connectivity index (χ4n) is 1.27. The minimum absolute atomic E-state index is 0.195. The summed E-state index contributed by atoms with van der Waals surface area (Å²) in [6.07, 6.45) is 5.20. The molecule has 0 saturated heterocycles. The number of nitrogens with zero attached hydrogens (tertiary/aromatic N) is 1. The van der Waals surface area contributed by atoms with Gasteiger partial charge in [0.2, 0.25) is 0 Å². The van der Waals surface area contributed by atoms with Gasteiger partial charge in [0.1, 0.15) is 6.29 Å². The van der Waals surface area contributed by atoms with Gasteiger partial charge in [-0.2, -0.15) is 0 Å². The minimum atomic E-state index is 0.195. The summed E-state index contributed by atoms with van der Waals surface area (Å²) in [4.78, 5) is 14.7. The molecule has 0 N–H and O–H groups in total. The number of hydrogen-bond acceptors (Lipinski definition) is 2. The summed E-state index contributed by atoms with van der Waals surface area (Å²) < 4.78 is 0. The fourth-order valence-corrected chi connectivity index (χ4v) is 1.27. The summed E-state index contributed by atoms with van der Waals surface area (Å²) in [6.45, 7) is 6.44. The Balaban J connectivity index is 2.94. The van der Waals surface area contributed by atoms with Gasteiger partial charge in [-0.05, 0) is 23.5 Å². The van der Waals surface area contributed by atoms with Crippen LogP contribution in [0.15, 0.2) is 18.5 Å². The zero-order valence-corrected chi connectivity index (χ0v) is 8.37. The van der Waals surface area contributed by atoms with Crippen molar-refractivity contribution in [3.8, 4) is 0 Å². The number of carbonyl (C=O) groups is 1. The molecular weight excluding hydrogens is 162 g/mol. The highest BCUT2D eigenvalue weighted by atomic mass is 16.1. The molecule has 0 spiro atoms. The Morgan fingerprint density at radius 2 is 2.15 bits per heavy atom. The number of carbonyl (C=O) groups excluding carboxylic acids is 1. The van der Waals surface area contributed by atoms with E-state index in [0.717, 1.165) is 23.8 Å². The van der Waals surface area contributed by atoms with Crippen molar-refractivity contribution < 1.29 is 4.79 Å². The second-order valence-electron chi connectivity index (χ2n) is 4.43. The van der Waals surface area contributed by atoms with Crippen molar-refractivity contribution in [3.05, 3.63) is 29.6 Å². The maximum Gasteiger partial charge on any atom is 0.150 e. The first-order valence-corrected chi connectivity index (χ1v) is 4.41. The average molecular weight is 177 g/mol. The average Bonchev–Trinajstić information content (AvgIpc) is 2.02. The number of hydrogen-bond donors (Lipinski definition) is 0. The van der Waals surface area contributed by atoms with Gasteiger partial charge in [-0.1, -0.05) is 20.8 Å². The van der Waals surface area contributed by atoms with E-state index in [1.54, 1.807) is 18.5 Å². The van der Waals surface area contributed by atoms with Crippen LogP contribution in [0, 0.1) is 5.41 Å². The van der Waals surface area contributed by atoms with E-state index in [4.69, 9.17) is 0 Å². The van der Waals surface area contributed by atoms with Gasteiger partial charge in [-0.3, -0.25) is 9.78 Å². The monoisotopic (exact) mass is 177 g/mol. The lowest BCUT2D eigenvalue weighted by molar-refractivity contribution is 0.112. The quantitative estimate of drug-likeness (QED) is 0.649. The molecule has 0 aliphatic heterocycles. The molecule has 0 unspecified atom stereocenters. The van der Waals surface area contributed by atoms with E-state index in [9.17, 15) is 4.79 Å². The highest BCUT2D eigenvalue weighted by molar-refractivity contribution is 5.76. The standard InChI is InChI=1S/C11H15NO/c1-11(2,3)6-10-7-12-5-4-9(10)8-13/h4-5,7-8H,6H2,1-3H3. The van der Waals surface area contributed by atoms with Crippen molar-refractivity contribution >= 4 is 6.29 Å². The van der Waals surface area contributed by atoms with Crippen LogP contribution in [-0.4, -0.2) is 11.3 Å². The third kappa shape index (κ3) is 2.98. The zero-order valence-electron chi connectivity index (χ0n) is 8.37. The molecule has 0 atom stereocenters. The maximum absolute atomic E-state index is 10.7. The molecule has 1 heterocycles. The molecule has 1 aromatic rings. The van der Waals surface area contributed by atoms with Crippen LogP contribution in [0.2, 0.25) is 0 Å². The van der Waals surface area contributed by atoms with Crippen LogP contribution in [0.5, 0.6) is 0 Å². The first-order valence-electron chi connectivity index (χ1n) is 4.41. The van der Waals surface area contributed by atoms with Crippen LogP contribution < -0.4 is 0 Å². The van der Waals surface area contributed by atoms with Gasteiger partial charge in [0.15, 0.2) is 0 Å². The molecule has 0 amide bonds. The molecule has 0 radical (unpaired) electrons. The predicted octanol–water partition coefficient (Wildman–Crippen LogP) is 2.48.